The van der Waals surface area contributed by atoms with E-state index in [0.29, 0.717) is 6.61 Å². The summed E-state index contributed by atoms with van der Waals surface area (Å²) in [6.45, 7) is 1.77. The van der Waals surface area contributed by atoms with Crippen LogP contribution in [0.4, 0.5) is 0 Å². The van der Waals surface area contributed by atoms with Crippen molar-refractivity contribution in [3.63, 3.8) is 0 Å². The molecule has 2 rings (SSSR count). The Balaban J connectivity index is 0.000000383. The predicted molar refractivity (Wildman–Crippen MR) is 120 cm³/mol. The molecule has 1 unspecified atom stereocenters. The Kier molecular flexibility index (Phi) is 15.5. The summed E-state index contributed by atoms with van der Waals surface area (Å²) >= 11 is 3.81. The summed E-state index contributed by atoms with van der Waals surface area (Å²) in [5, 5.41) is 74.3. The number of aliphatic hydroxyl groups excluding tert-OH is 8. The minimum Gasteiger partial charge on any atom is -0.394 e. The van der Waals surface area contributed by atoms with Gasteiger partial charge in [0.2, 0.25) is 0 Å². The highest BCUT2D eigenvalue weighted by atomic mass is 32.1. The van der Waals surface area contributed by atoms with Crippen molar-refractivity contribution in [3.05, 3.63) is 0 Å². The second-order valence-electron chi connectivity index (χ2n) is 8.41. The van der Waals surface area contributed by atoms with Gasteiger partial charge in [-0.15, -0.1) is 12.6 Å². The maximum Gasteiger partial charge on any atom is 0.186 e. The van der Waals surface area contributed by atoms with Gasteiger partial charge in [-0.3, -0.25) is 0 Å². The van der Waals surface area contributed by atoms with E-state index in [4.69, 9.17) is 29.5 Å². The molecule has 2 fully saturated rings. The number of ether oxygens (including phenoxy) is 3. The van der Waals surface area contributed by atoms with Crippen molar-refractivity contribution in [1.29, 1.82) is 0 Å². The molecule has 10 atom stereocenters. The lowest BCUT2D eigenvalue weighted by atomic mass is 9.99. The van der Waals surface area contributed by atoms with Gasteiger partial charge < -0.3 is 55.1 Å². The van der Waals surface area contributed by atoms with Gasteiger partial charge in [-0.05, 0) is 6.42 Å². The van der Waals surface area contributed by atoms with Gasteiger partial charge >= 0.3 is 0 Å². The molecule has 0 aliphatic carbocycles. The number of hydrogen-bond donors (Lipinski definition) is 9. The van der Waals surface area contributed by atoms with Gasteiger partial charge in [0, 0.05) is 6.61 Å². The average Bonchev–Trinajstić information content (AvgIpc) is 2.82. The third-order valence-corrected chi connectivity index (χ3v) is 6.17. The summed E-state index contributed by atoms with van der Waals surface area (Å²) in [6.07, 6.45) is -2.50. The molecule has 0 aromatic carbocycles. The summed E-state index contributed by atoms with van der Waals surface area (Å²) in [6, 6.07) is 0. The molecule has 0 spiro atoms. The zero-order chi connectivity index (χ0) is 25.0. The third kappa shape index (κ3) is 9.82. The van der Waals surface area contributed by atoms with Crippen molar-refractivity contribution < 1.29 is 55.1 Å². The minimum atomic E-state index is -1.37. The second kappa shape index (κ2) is 16.6. The van der Waals surface area contributed by atoms with E-state index in [-0.39, 0.29) is 0 Å². The summed E-state index contributed by atoms with van der Waals surface area (Å²) < 4.78 is 15.6. The number of aliphatic hydroxyl groups is 8. The van der Waals surface area contributed by atoms with Crippen LogP contribution in [0.25, 0.3) is 0 Å². The number of rotatable bonds is 11. The standard InChI is InChI=1S/C15H30O6.C6H12O5S/c1-2-3-4-5-6-7-8-9-20-15-14(19)13(18)12(17)11(10-16)21-15;7-1-2-3(8)4(9)5(10)6(12)11-2/h11-19H,2-10H2,1H3;2-10,12H,1H2/t11-,12-,13+,14-,15-;2-,3-,4+,5-,6?/m11/s1. The molecule has 198 valence electrons. The Morgan fingerprint density at radius 2 is 1.12 bits per heavy atom. The lowest BCUT2D eigenvalue weighted by Gasteiger charge is -2.39. The van der Waals surface area contributed by atoms with E-state index in [1.807, 2.05) is 0 Å². The highest BCUT2D eigenvalue weighted by Crippen LogP contribution is 2.23. The molecule has 2 aliphatic rings. The number of hydrogen-bond acceptors (Lipinski definition) is 12. The highest BCUT2D eigenvalue weighted by molar-refractivity contribution is 7.80. The molecule has 33 heavy (non-hydrogen) atoms. The first-order valence-electron chi connectivity index (χ1n) is 11.6. The maximum absolute atomic E-state index is 9.78. The average molecular weight is 503 g/mol. The Hall–Kier alpha value is -0.0900. The molecule has 2 aliphatic heterocycles. The lowest BCUT2D eigenvalue weighted by Crippen LogP contribution is -2.59. The first-order chi connectivity index (χ1) is 15.7. The molecule has 8 N–H and O–H groups in total. The van der Waals surface area contributed by atoms with Crippen LogP contribution in [0.1, 0.15) is 51.9 Å². The Labute approximate surface area is 200 Å². The molecule has 2 heterocycles. The van der Waals surface area contributed by atoms with Crippen LogP contribution in [0.5, 0.6) is 0 Å². The quantitative estimate of drug-likeness (QED) is 0.115. The Bertz CT molecular complexity index is 496. The fourth-order valence-corrected chi connectivity index (χ4v) is 3.88. The molecule has 0 saturated carbocycles. The monoisotopic (exact) mass is 502 g/mol. The van der Waals surface area contributed by atoms with E-state index in [2.05, 4.69) is 19.6 Å². The summed E-state index contributed by atoms with van der Waals surface area (Å²) in [7, 11) is 0. The Morgan fingerprint density at radius 3 is 1.67 bits per heavy atom. The minimum absolute atomic E-state index is 0.415. The topological polar surface area (TPSA) is 190 Å². The molecule has 0 aromatic rings. The molecule has 11 nitrogen and oxygen atoms in total. The van der Waals surface area contributed by atoms with E-state index in [1.54, 1.807) is 0 Å². The van der Waals surface area contributed by atoms with Gasteiger partial charge in [0.05, 0.1) is 13.2 Å². The molecule has 0 amide bonds. The molecule has 2 saturated heterocycles. The van der Waals surface area contributed by atoms with Crippen molar-refractivity contribution in [2.75, 3.05) is 19.8 Å². The normalized spacial score (nSPS) is 39.1. The van der Waals surface area contributed by atoms with Crippen LogP contribution in [0.3, 0.4) is 0 Å². The van der Waals surface area contributed by atoms with E-state index in [1.165, 1.54) is 25.7 Å². The molecular formula is C21H42O11S. The van der Waals surface area contributed by atoms with Gasteiger partial charge in [0.15, 0.2) is 6.29 Å². The smallest absolute Gasteiger partial charge is 0.186 e. The van der Waals surface area contributed by atoms with Crippen molar-refractivity contribution in [2.24, 2.45) is 0 Å². The van der Waals surface area contributed by atoms with Crippen LogP contribution in [0.15, 0.2) is 0 Å². The van der Waals surface area contributed by atoms with Crippen LogP contribution in [-0.4, -0.2) is 121 Å². The van der Waals surface area contributed by atoms with Crippen molar-refractivity contribution in [2.45, 2.75) is 112 Å². The van der Waals surface area contributed by atoms with Crippen molar-refractivity contribution in [3.8, 4) is 0 Å². The summed E-state index contributed by atoms with van der Waals surface area (Å²) in [5.41, 5.74) is -0.874. The van der Waals surface area contributed by atoms with Gasteiger partial charge in [-0.1, -0.05) is 45.4 Å². The van der Waals surface area contributed by atoms with E-state index in [0.717, 1.165) is 19.3 Å². The zero-order valence-corrected chi connectivity index (χ0v) is 20.0. The van der Waals surface area contributed by atoms with Gasteiger partial charge in [-0.25, -0.2) is 0 Å². The van der Waals surface area contributed by atoms with E-state index < -0.39 is 73.8 Å². The predicted octanol–water partition coefficient (Wildman–Crippen LogP) is -1.73. The summed E-state index contributed by atoms with van der Waals surface area (Å²) in [4.78, 5) is 0. The van der Waals surface area contributed by atoms with Gasteiger partial charge in [0.25, 0.3) is 0 Å². The Morgan fingerprint density at radius 1 is 0.636 bits per heavy atom. The highest BCUT2D eigenvalue weighted by Gasteiger charge is 2.44. The van der Waals surface area contributed by atoms with Gasteiger partial charge in [-0.2, -0.15) is 0 Å². The second-order valence-corrected chi connectivity index (χ2v) is 8.92. The summed E-state index contributed by atoms with van der Waals surface area (Å²) in [5.74, 6) is 0. The fourth-order valence-electron chi connectivity index (χ4n) is 3.55. The van der Waals surface area contributed by atoms with Crippen LogP contribution >= 0.6 is 12.6 Å². The van der Waals surface area contributed by atoms with Crippen molar-refractivity contribution >= 4 is 12.6 Å². The number of thiol groups is 1. The molecule has 0 aromatic heterocycles. The zero-order valence-electron chi connectivity index (χ0n) is 19.1. The first-order valence-corrected chi connectivity index (χ1v) is 12.1. The SMILES string of the molecule is CCCCCCCCCO[C@@H]1O[C@H](CO)[C@@H](O)[C@H](O)[C@H]1O.OC[C@H]1OC(S)[C@H](O)[C@@H](O)[C@@H]1O. The largest absolute Gasteiger partial charge is 0.394 e. The van der Waals surface area contributed by atoms with E-state index >= 15 is 0 Å². The van der Waals surface area contributed by atoms with Crippen molar-refractivity contribution in [1.82, 2.24) is 0 Å². The van der Waals surface area contributed by atoms with Crippen LogP contribution in [-0.2, 0) is 14.2 Å². The lowest BCUT2D eigenvalue weighted by molar-refractivity contribution is -0.301. The van der Waals surface area contributed by atoms with E-state index in [9.17, 15) is 25.5 Å². The molecule has 12 heteroatoms. The molecule has 0 bridgehead atoms. The van der Waals surface area contributed by atoms with Crippen LogP contribution < -0.4 is 0 Å². The van der Waals surface area contributed by atoms with Gasteiger partial charge in [0.1, 0.15) is 54.3 Å². The molecular weight excluding hydrogens is 460 g/mol. The maximum atomic E-state index is 9.78. The number of unbranched alkanes of at least 4 members (excludes halogenated alkanes) is 6. The fraction of sp³-hybridized carbons (Fsp3) is 1.00. The van der Waals surface area contributed by atoms with Crippen LogP contribution in [0.2, 0.25) is 0 Å². The third-order valence-electron chi connectivity index (χ3n) is 5.75. The first kappa shape index (κ1) is 30.9. The molecule has 0 radical (unpaired) electrons. The van der Waals surface area contributed by atoms with Crippen LogP contribution in [0, 0.1) is 0 Å².